The van der Waals surface area contributed by atoms with Gasteiger partial charge in [0.05, 0.1) is 11.7 Å². The Morgan fingerprint density at radius 3 is 2.20 bits per heavy atom. The highest BCUT2D eigenvalue weighted by atomic mass is 16.2. The normalized spacial score (nSPS) is 17.2. The number of likely N-dealkylation sites (N-methyl/N-ethyl adjacent to an activating group) is 1. The van der Waals surface area contributed by atoms with Crippen LogP contribution in [0.3, 0.4) is 0 Å². The van der Waals surface area contributed by atoms with Crippen molar-refractivity contribution >= 4 is 5.69 Å². The Bertz CT molecular complexity index is 738. The number of hydrogen-bond donors (Lipinski definition) is 0. The molecule has 1 aromatic carbocycles. The molecule has 1 fully saturated rings. The highest BCUT2D eigenvalue weighted by Crippen LogP contribution is 2.20. The van der Waals surface area contributed by atoms with Gasteiger partial charge in [-0.25, -0.2) is 14.0 Å². The Hall–Kier alpha value is -2.08. The lowest BCUT2D eigenvalue weighted by atomic mass is 10.0. The van der Waals surface area contributed by atoms with Crippen molar-refractivity contribution in [2.75, 3.05) is 38.1 Å². The molecule has 0 radical (unpaired) electrons. The van der Waals surface area contributed by atoms with Crippen LogP contribution < -0.4 is 10.6 Å². The largest absolute Gasteiger partial charge is 0.369 e. The van der Waals surface area contributed by atoms with Crippen molar-refractivity contribution in [1.29, 1.82) is 0 Å². The molecule has 2 aromatic rings. The summed E-state index contributed by atoms with van der Waals surface area (Å²) >= 11 is 0. The predicted molar refractivity (Wildman–Crippen MR) is 102 cm³/mol. The van der Waals surface area contributed by atoms with Gasteiger partial charge in [-0.2, -0.15) is 5.10 Å². The first-order valence-corrected chi connectivity index (χ1v) is 9.21. The summed E-state index contributed by atoms with van der Waals surface area (Å²) in [6.45, 7) is 10.6. The second kappa shape index (κ2) is 7.44. The fraction of sp³-hybridized carbons (Fsp3) is 0.579. The molecule has 1 aliphatic heterocycles. The van der Waals surface area contributed by atoms with Crippen LogP contribution in [-0.2, 0) is 0 Å². The molecule has 25 heavy (non-hydrogen) atoms. The molecule has 1 aliphatic rings. The Morgan fingerprint density at radius 2 is 1.64 bits per heavy atom. The standard InChI is InChI=1S/C19H29N5O/c1-5-18(15(2)3)24-19(25)23(14-20-24)17-8-6-16(7-9-17)22-12-10-21(4)11-13-22/h6-9,14-15,18H,5,10-13H2,1-4H3. The first kappa shape index (κ1) is 17.7. The summed E-state index contributed by atoms with van der Waals surface area (Å²) in [5, 5.41) is 4.36. The summed E-state index contributed by atoms with van der Waals surface area (Å²) in [5.41, 5.74) is 2.02. The Kier molecular flexibility index (Phi) is 5.27. The van der Waals surface area contributed by atoms with E-state index in [2.05, 4.69) is 54.9 Å². The molecule has 136 valence electrons. The van der Waals surface area contributed by atoms with E-state index < -0.39 is 0 Å². The highest BCUT2D eigenvalue weighted by Gasteiger charge is 2.19. The minimum atomic E-state index is -0.0621. The summed E-state index contributed by atoms with van der Waals surface area (Å²) in [6.07, 6.45) is 2.54. The zero-order valence-electron chi connectivity index (χ0n) is 15.7. The molecule has 0 amide bonds. The predicted octanol–water partition coefficient (Wildman–Crippen LogP) is 2.39. The van der Waals surface area contributed by atoms with Crippen LogP contribution in [0.5, 0.6) is 0 Å². The van der Waals surface area contributed by atoms with Gasteiger partial charge in [-0.1, -0.05) is 20.8 Å². The van der Waals surface area contributed by atoms with Gasteiger partial charge >= 0.3 is 5.69 Å². The molecular weight excluding hydrogens is 314 g/mol. The molecule has 0 spiro atoms. The number of benzene rings is 1. The van der Waals surface area contributed by atoms with Crippen molar-refractivity contribution in [3.63, 3.8) is 0 Å². The molecule has 0 saturated carbocycles. The quantitative estimate of drug-likeness (QED) is 0.836. The minimum absolute atomic E-state index is 0.0621. The van der Waals surface area contributed by atoms with Crippen LogP contribution in [0.2, 0.25) is 0 Å². The number of hydrogen-bond acceptors (Lipinski definition) is 4. The maximum atomic E-state index is 12.7. The van der Waals surface area contributed by atoms with Crippen molar-refractivity contribution in [3.8, 4) is 5.69 Å². The molecule has 3 rings (SSSR count). The van der Waals surface area contributed by atoms with Crippen LogP contribution in [0.4, 0.5) is 5.69 Å². The van der Waals surface area contributed by atoms with E-state index in [-0.39, 0.29) is 11.7 Å². The minimum Gasteiger partial charge on any atom is -0.369 e. The first-order valence-electron chi connectivity index (χ1n) is 9.21. The van der Waals surface area contributed by atoms with Gasteiger partial charge in [0.2, 0.25) is 0 Å². The lowest BCUT2D eigenvalue weighted by Gasteiger charge is -2.34. The van der Waals surface area contributed by atoms with Gasteiger partial charge in [-0.05, 0) is 43.7 Å². The number of piperazine rings is 1. The third-order valence-corrected chi connectivity index (χ3v) is 5.19. The van der Waals surface area contributed by atoms with Crippen LogP contribution >= 0.6 is 0 Å². The zero-order chi connectivity index (χ0) is 18.0. The molecule has 1 unspecified atom stereocenters. The Balaban J connectivity index is 1.81. The van der Waals surface area contributed by atoms with E-state index in [0.717, 1.165) is 38.3 Å². The lowest BCUT2D eigenvalue weighted by molar-refractivity contribution is 0.313. The molecule has 1 atom stereocenters. The maximum absolute atomic E-state index is 12.7. The maximum Gasteiger partial charge on any atom is 0.350 e. The second-order valence-electron chi connectivity index (χ2n) is 7.25. The second-order valence-corrected chi connectivity index (χ2v) is 7.25. The van der Waals surface area contributed by atoms with Crippen LogP contribution in [0, 0.1) is 5.92 Å². The average Bonchev–Trinajstić information content (AvgIpc) is 2.98. The van der Waals surface area contributed by atoms with E-state index in [1.54, 1.807) is 15.6 Å². The van der Waals surface area contributed by atoms with Crippen molar-refractivity contribution in [2.45, 2.75) is 33.2 Å². The van der Waals surface area contributed by atoms with Crippen LogP contribution in [0.15, 0.2) is 35.4 Å². The SMILES string of the molecule is CCC(C(C)C)n1ncn(-c2ccc(N3CCN(C)CC3)cc2)c1=O. The molecule has 2 heterocycles. The number of rotatable bonds is 5. The number of anilines is 1. The van der Waals surface area contributed by atoms with Crippen molar-refractivity contribution in [1.82, 2.24) is 19.2 Å². The number of nitrogens with zero attached hydrogens (tertiary/aromatic N) is 5. The van der Waals surface area contributed by atoms with E-state index in [1.807, 2.05) is 12.1 Å². The molecule has 1 aromatic heterocycles. The van der Waals surface area contributed by atoms with Gasteiger partial charge in [-0.15, -0.1) is 0 Å². The summed E-state index contributed by atoms with van der Waals surface area (Å²) in [4.78, 5) is 17.5. The summed E-state index contributed by atoms with van der Waals surface area (Å²) in [7, 11) is 2.16. The molecule has 6 heteroatoms. The zero-order valence-corrected chi connectivity index (χ0v) is 15.7. The smallest absolute Gasteiger partial charge is 0.350 e. The van der Waals surface area contributed by atoms with Crippen molar-refractivity contribution in [3.05, 3.63) is 41.1 Å². The van der Waals surface area contributed by atoms with E-state index >= 15 is 0 Å². The molecule has 6 nitrogen and oxygen atoms in total. The third kappa shape index (κ3) is 3.63. The highest BCUT2D eigenvalue weighted by molar-refractivity contribution is 5.51. The van der Waals surface area contributed by atoms with Crippen LogP contribution in [-0.4, -0.2) is 52.5 Å². The lowest BCUT2D eigenvalue weighted by Crippen LogP contribution is -2.44. The van der Waals surface area contributed by atoms with Gasteiger partial charge in [-0.3, -0.25) is 0 Å². The monoisotopic (exact) mass is 343 g/mol. The van der Waals surface area contributed by atoms with E-state index in [1.165, 1.54) is 5.69 Å². The first-order chi connectivity index (χ1) is 12.0. The Morgan fingerprint density at radius 1 is 1.04 bits per heavy atom. The molecule has 1 saturated heterocycles. The van der Waals surface area contributed by atoms with Gasteiger partial charge in [0.15, 0.2) is 0 Å². The van der Waals surface area contributed by atoms with Gasteiger partial charge in [0.1, 0.15) is 6.33 Å². The summed E-state index contributed by atoms with van der Waals surface area (Å²) in [6, 6.07) is 8.36. The summed E-state index contributed by atoms with van der Waals surface area (Å²) in [5.74, 6) is 0.380. The topological polar surface area (TPSA) is 46.3 Å². The summed E-state index contributed by atoms with van der Waals surface area (Å²) < 4.78 is 3.26. The van der Waals surface area contributed by atoms with Gasteiger partial charge < -0.3 is 9.80 Å². The Labute approximate surface area is 149 Å². The van der Waals surface area contributed by atoms with E-state index in [0.29, 0.717) is 5.92 Å². The van der Waals surface area contributed by atoms with Crippen LogP contribution in [0.1, 0.15) is 33.2 Å². The van der Waals surface area contributed by atoms with Crippen molar-refractivity contribution < 1.29 is 0 Å². The van der Waals surface area contributed by atoms with E-state index in [9.17, 15) is 4.79 Å². The molecule has 0 N–H and O–H groups in total. The van der Waals surface area contributed by atoms with E-state index in [4.69, 9.17) is 0 Å². The fourth-order valence-electron chi connectivity index (χ4n) is 3.54. The van der Waals surface area contributed by atoms with Crippen molar-refractivity contribution in [2.24, 2.45) is 5.92 Å². The van der Waals surface area contributed by atoms with Crippen LogP contribution in [0.25, 0.3) is 5.69 Å². The fourth-order valence-corrected chi connectivity index (χ4v) is 3.54. The van der Waals surface area contributed by atoms with Gasteiger partial charge in [0, 0.05) is 31.9 Å². The average molecular weight is 343 g/mol. The molecule has 0 bridgehead atoms. The third-order valence-electron chi connectivity index (χ3n) is 5.19. The number of aromatic nitrogens is 3. The molecular formula is C19H29N5O. The molecule has 0 aliphatic carbocycles. The van der Waals surface area contributed by atoms with Gasteiger partial charge in [0.25, 0.3) is 0 Å².